The molecule has 1 rings (SSSR count). The number of halogens is 1. The van der Waals surface area contributed by atoms with Gasteiger partial charge in [0.15, 0.2) is 11.9 Å². The fourth-order valence-electron chi connectivity index (χ4n) is 1.41. The maximum Gasteiger partial charge on any atom is 0.337 e. The van der Waals surface area contributed by atoms with Gasteiger partial charge in [-0.3, -0.25) is 4.79 Å². The lowest BCUT2D eigenvalue weighted by atomic mass is 9.99. The van der Waals surface area contributed by atoms with Gasteiger partial charge in [-0.25, -0.2) is 4.79 Å². The summed E-state index contributed by atoms with van der Waals surface area (Å²) in [6.45, 7) is 0. The van der Waals surface area contributed by atoms with Crippen molar-refractivity contribution < 1.29 is 19.8 Å². The Kier molecular flexibility index (Phi) is 4.84. The Morgan fingerprint density at radius 1 is 1.39 bits per heavy atom. The van der Waals surface area contributed by atoms with Crippen molar-refractivity contribution in [3.8, 4) is 6.07 Å². The van der Waals surface area contributed by atoms with E-state index in [0.717, 1.165) is 0 Å². The second kappa shape index (κ2) is 6.15. The molecule has 1 unspecified atom stereocenters. The Labute approximate surface area is 108 Å². The number of hydrogen-bond donors (Lipinski definition) is 2. The van der Waals surface area contributed by atoms with E-state index in [-0.39, 0.29) is 34.8 Å². The van der Waals surface area contributed by atoms with Crippen LogP contribution in [-0.2, 0) is 4.79 Å². The molecule has 0 amide bonds. The van der Waals surface area contributed by atoms with Gasteiger partial charge in [0, 0.05) is 17.9 Å². The van der Waals surface area contributed by atoms with Gasteiger partial charge in [0.25, 0.3) is 0 Å². The number of benzene rings is 1. The van der Waals surface area contributed by atoms with Crippen LogP contribution in [0.4, 0.5) is 0 Å². The monoisotopic (exact) mass is 267 g/mol. The normalized spacial score (nSPS) is 11.6. The van der Waals surface area contributed by atoms with Gasteiger partial charge in [0.05, 0.1) is 11.6 Å². The average molecular weight is 268 g/mol. The number of nitrogens with zero attached hydrogens (tertiary/aromatic N) is 1. The number of aliphatic hydroxyl groups is 1. The molecule has 5 nitrogen and oxygen atoms in total. The zero-order valence-electron chi connectivity index (χ0n) is 9.26. The highest BCUT2D eigenvalue weighted by atomic mass is 35.5. The quantitative estimate of drug-likeness (QED) is 0.622. The molecule has 1 atom stereocenters. The van der Waals surface area contributed by atoms with Crippen LogP contribution in [0.1, 0.15) is 34.0 Å². The average Bonchev–Trinajstić information content (AvgIpc) is 2.37. The van der Waals surface area contributed by atoms with Gasteiger partial charge in [-0.1, -0.05) is 0 Å². The zero-order chi connectivity index (χ0) is 13.7. The number of carboxylic acids is 1. The molecule has 0 saturated heterocycles. The summed E-state index contributed by atoms with van der Waals surface area (Å²) in [5.41, 5.74) is 0.287. The van der Waals surface area contributed by atoms with E-state index in [4.69, 9.17) is 22.0 Å². The number of rotatable bonds is 5. The van der Waals surface area contributed by atoms with Crippen molar-refractivity contribution in [1.29, 1.82) is 5.26 Å². The number of alkyl halides is 1. The highest BCUT2D eigenvalue weighted by molar-refractivity contribution is 6.19. The molecular formula is C12H10ClNO4. The molecule has 0 radical (unpaired) electrons. The maximum absolute atomic E-state index is 11.6. The van der Waals surface area contributed by atoms with Gasteiger partial charge in [-0.05, 0) is 23.8 Å². The second-order valence-corrected chi connectivity index (χ2v) is 3.94. The van der Waals surface area contributed by atoms with Crippen molar-refractivity contribution >= 4 is 23.4 Å². The summed E-state index contributed by atoms with van der Waals surface area (Å²) in [5.74, 6) is -1.62. The number of aliphatic hydroxyl groups excluding tert-OH is 1. The molecule has 0 saturated carbocycles. The van der Waals surface area contributed by atoms with E-state index >= 15 is 0 Å². The van der Waals surface area contributed by atoms with Gasteiger partial charge in [-0.2, -0.15) is 5.26 Å². The molecule has 94 valence electrons. The van der Waals surface area contributed by atoms with Crippen LogP contribution in [0, 0.1) is 11.3 Å². The molecule has 0 aliphatic carbocycles. The third-order valence-electron chi connectivity index (χ3n) is 2.28. The molecule has 0 aliphatic heterocycles. The molecule has 1 aromatic carbocycles. The van der Waals surface area contributed by atoms with Crippen LogP contribution in [0.5, 0.6) is 0 Å². The van der Waals surface area contributed by atoms with E-state index in [1.807, 2.05) is 6.07 Å². The zero-order valence-corrected chi connectivity index (χ0v) is 10.0. The molecular weight excluding hydrogens is 258 g/mol. The van der Waals surface area contributed by atoms with Gasteiger partial charge < -0.3 is 10.2 Å². The number of ketones is 1. The highest BCUT2D eigenvalue weighted by Gasteiger charge is 2.18. The van der Waals surface area contributed by atoms with E-state index in [2.05, 4.69) is 0 Å². The number of nitriles is 1. The predicted molar refractivity (Wildman–Crippen MR) is 63.4 cm³/mol. The smallest absolute Gasteiger partial charge is 0.337 e. The van der Waals surface area contributed by atoms with Gasteiger partial charge >= 0.3 is 5.97 Å². The van der Waals surface area contributed by atoms with E-state index in [0.29, 0.717) is 0 Å². The van der Waals surface area contributed by atoms with E-state index in [9.17, 15) is 14.7 Å². The van der Waals surface area contributed by atoms with Crippen LogP contribution < -0.4 is 0 Å². The second-order valence-electron chi connectivity index (χ2n) is 3.56. The first-order valence-electron chi connectivity index (χ1n) is 5.04. The number of hydrogen-bond acceptors (Lipinski definition) is 4. The number of aliphatic carboxylic acids is 1. The number of carbonyl (C=O) groups excluding carboxylic acids is 1. The van der Waals surface area contributed by atoms with E-state index in [1.54, 1.807) is 0 Å². The molecule has 0 aliphatic rings. The minimum absolute atomic E-state index is 0.000488. The van der Waals surface area contributed by atoms with Gasteiger partial charge in [-0.15, -0.1) is 11.6 Å². The van der Waals surface area contributed by atoms with Crippen LogP contribution in [0.2, 0.25) is 0 Å². The Morgan fingerprint density at radius 2 is 2.06 bits per heavy atom. The van der Waals surface area contributed by atoms with Crippen LogP contribution in [-0.4, -0.2) is 27.8 Å². The minimum Gasteiger partial charge on any atom is -0.479 e. The van der Waals surface area contributed by atoms with E-state index in [1.165, 1.54) is 18.2 Å². The van der Waals surface area contributed by atoms with Crippen molar-refractivity contribution in [3.63, 3.8) is 0 Å². The predicted octanol–water partition coefficient (Wildman–Crippen LogP) is 1.49. The van der Waals surface area contributed by atoms with Crippen LogP contribution in [0.25, 0.3) is 0 Å². The lowest BCUT2D eigenvalue weighted by Gasteiger charge is -2.08. The Bertz CT molecular complexity index is 521. The highest BCUT2D eigenvalue weighted by Crippen LogP contribution is 2.18. The summed E-state index contributed by atoms with van der Waals surface area (Å²) in [5, 5.41) is 26.9. The molecule has 6 heteroatoms. The first-order chi connectivity index (χ1) is 8.49. The molecule has 0 aromatic heterocycles. The Hall–Kier alpha value is -1.90. The molecule has 18 heavy (non-hydrogen) atoms. The van der Waals surface area contributed by atoms with E-state index < -0.39 is 12.1 Å². The fraction of sp³-hybridized carbons (Fsp3) is 0.250. The minimum atomic E-state index is -1.76. The summed E-state index contributed by atoms with van der Waals surface area (Å²) in [6, 6.07) is 5.64. The van der Waals surface area contributed by atoms with Crippen molar-refractivity contribution in [1.82, 2.24) is 0 Å². The Balaban J connectivity index is 3.22. The SMILES string of the molecule is N#Cc1cc(C(=O)CCCl)cc(C(O)C(=O)O)c1. The molecule has 0 bridgehead atoms. The maximum atomic E-state index is 11.6. The van der Waals surface area contributed by atoms with Crippen molar-refractivity contribution in [2.24, 2.45) is 0 Å². The molecule has 0 spiro atoms. The molecule has 2 N–H and O–H groups in total. The summed E-state index contributed by atoms with van der Waals surface area (Å²) >= 11 is 5.44. The van der Waals surface area contributed by atoms with Crippen molar-refractivity contribution in [2.75, 3.05) is 5.88 Å². The molecule has 1 aromatic rings. The summed E-state index contributed by atoms with van der Waals surface area (Å²) in [6.07, 6.45) is -1.68. The third-order valence-corrected chi connectivity index (χ3v) is 2.47. The lowest BCUT2D eigenvalue weighted by Crippen LogP contribution is -2.12. The molecule has 0 fully saturated rings. The summed E-state index contributed by atoms with van der Waals surface area (Å²) in [4.78, 5) is 22.3. The van der Waals surface area contributed by atoms with Crippen LogP contribution in [0.15, 0.2) is 18.2 Å². The topological polar surface area (TPSA) is 98.4 Å². The fourth-order valence-corrected chi connectivity index (χ4v) is 1.58. The largest absolute Gasteiger partial charge is 0.479 e. The standard InChI is InChI=1S/C12H10ClNO4/c13-2-1-10(15)8-3-7(6-14)4-9(5-8)11(16)12(17)18/h3-5,11,16H,1-2H2,(H,17,18). The number of carboxylic acid groups (broad SMARTS) is 1. The summed E-state index contributed by atoms with van der Waals surface area (Å²) < 4.78 is 0. The number of carbonyl (C=O) groups is 2. The van der Waals surface area contributed by atoms with Crippen molar-refractivity contribution in [2.45, 2.75) is 12.5 Å². The number of Topliss-reactive ketones (excluding diaryl/α,β-unsaturated/α-hetero) is 1. The van der Waals surface area contributed by atoms with Crippen molar-refractivity contribution in [3.05, 3.63) is 34.9 Å². The first kappa shape index (κ1) is 14.2. The van der Waals surface area contributed by atoms with Crippen LogP contribution >= 0.6 is 11.6 Å². The summed E-state index contributed by atoms with van der Waals surface area (Å²) in [7, 11) is 0. The molecule has 0 heterocycles. The van der Waals surface area contributed by atoms with Gasteiger partial charge in [0.2, 0.25) is 0 Å². The van der Waals surface area contributed by atoms with Crippen LogP contribution in [0.3, 0.4) is 0 Å². The lowest BCUT2D eigenvalue weighted by molar-refractivity contribution is -0.146. The first-order valence-corrected chi connectivity index (χ1v) is 5.58. The van der Waals surface area contributed by atoms with Gasteiger partial charge in [0.1, 0.15) is 0 Å². The third kappa shape index (κ3) is 3.29. The Morgan fingerprint density at radius 3 is 2.56 bits per heavy atom.